The summed E-state index contributed by atoms with van der Waals surface area (Å²) in [6.07, 6.45) is 1.49. The summed E-state index contributed by atoms with van der Waals surface area (Å²) >= 11 is 3.35. The summed E-state index contributed by atoms with van der Waals surface area (Å²) in [4.78, 5) is 3.95. The first-order valence-electron chi connectivity index (χ1n) is 3.96. The molecular weight excluding hydrogens is 242 g/mol. The first-order chi connectivity index (χ1) is 6.72. The van der Waals surface area contributed by atoms with Gasteiger partial charge in [0.1, 0.15) is 11.9 Å². The van der Waals surface area contributed by atoms with Gasteiger partial charge >= 0.3 is 0 Å². The fraction of sp³-hybridized carbons (Fsp3) is 0. The van der Waals surface area contributed by atoms with E-state index in [1.54, 1.807) is 0 Å². The molecule has 0 aliphatic heterocycles. The number of anilines is 1. The predicted octanol–water partition coefficient (Wildman–Crippen LogP) is 2.45. The molecule has 0 atom stereocenters. The van der Waals surface area contributed by atoms with Gasteiger partial charge in [0.2, 0.25) is 0 Å². The number of nitrogens with zero attached hydrogens (tertiary/aromatic N) is 2. The number of benzene rings is 1. The van der Waals surface area contributed by atoms with Gasteiger partial charge in [-0.3, -0.25) is 0 Å². The number of halogens is 1. The molecule has 68 valence electrons. The Morgan fingerprint density at radius 3 is 2.86 bits per heavy atom. The van der Waals surface area contributed by atoms with Gasteiger partial charge in [-0.2, -0.15) is 5.26 Å². The third kappa shape index (κ3) is 1.32. The zero-order chi connectivity index (χ0) is 10.1. The molecule has 0 bridgehead atoms. The smallest absolute Gasteiger partial charge is 0.131 e. The SMILES string of the molecule is N#Cc1cnc(N)c2cc(Br)ccc12. The predicted molar refractivity (Wildman–Crippen MR) is 58.6 cm³/mol. The van der Waals surface area contributed by atoms with Crippen LogP contribution in [0.2, 0.25) is 0 Å². The van der Waals surface area contributed by atoms with Gasteiger partial charge in [0.05, 0.1) is 5.56 Å². The molecule has 0 saturated carbocycles. The summed E-state index contributed by atoms with van der Waals surface area (Å²) in [5.74, 6) is 0.445. The molecule has 1 aromatic carbocycles. The van der Waals surface area contributed by atoms with Crippen LogP contribution < -0.4 is 5.73 Å². The van der Waals surface area contributed by atoms with E-state index in [9.17, 15) is 0 Å². The molecule has 2 rings (SSSR count). The Bertz CT molecular complexity index is 543. The van der Waals surface area contributed by atoms with Crippen LogP contribution in [0.5, 0.6) is 0 Å². The fourth-order valence-electron chi connectivity index (χ4n) is 1.33. The lowest BCUT2D eigenvalue weighted by atomic mass is 10.1. The van der Waals surface area contributed by atoms with E-state index in [1.807, 2.05) is 18.2 Å². The number of rotatable bonds is 0. The Morgan fingerprint density at radius 1 is 1.36 bits per heavy atom. The van der Waals surface area contributed by atoms with Crippen molar-refractivity contribution in [3.05, 3.63) is 34.4 Å². The molecule has 0 spiro atoms. The van der Waals surface area contributed by atoms with Crippen LogP contribution in [0, 0.1) is 11.3 Å². The van der Waals surface area contributed by atoms with Crippen LogP contribution in [0.3, 0.4) is 0 Å². The lowest BCUT2D eigenvalue weighted by Crippen LogP contribution is -1.93. The Labute approximate surface area is 89.3 Å². The number of aromatic nitrogens is 1. The van der Waals surface area contributed by atoms with Gasteiger partial charge in [-0.25, -0.2) is 4.98 Å². The van der Waals surface area contributed by atoms with Crippen LogP contribution >= 0.6 is 15.9 Å². The minimum atomic E-state index is 0.445. The van der Waals surface area contributed by atoms with Crippen molar-refractivity contribution in [2.24, 2.45) is 0 Å². The molecule has 0 saturated heterocycles. The summed E-state index contributed by atoms with van der Waals surface area (Å²) in [7, 11) is 0. The third-order valence-corrected chi connectivity index (χ3v) is 2.49. The molecule has 14 heavy (non-hydrogen) atoms. The Hall–Kier alpha value is -1.60. The van der Waals surface area contributed by atoms with Crippen molar-refractivity contribution < 1.29 is 0 Å². The number of hydrogen-bond donors (Lipinski definition) is 1. The highest BCUT2D eigenvalue weighted by molar-refractivity contribution is 9.10. The second kappa shape index (κ2) is 3.28. The Morgan fingerprint density at radius 2 is 2.14 bits per heavy atom. The second-order valence-electron chi connectivity index (χ2n) is 2.86. The first kappa shape index (κ1) is 8.97. The van der Waals surface area contributed by atoms with E-state index < -0.39 is 0 Å². The Balaban J connectivity index is 2.93. The second-order valence-corrected chi connectivity index (χ2v) is 3.77. The number of hydrogen-bond acceptors (Lipinski definition) is 3. The van der Waals surface area contributed by atoms with E-state index in [-0.39, 0.29) is 0 Å². The van der Waals surface area contributed by atoms with E-state index in [1.165, 1.54) is 6.20 Å². The van der Waals surface area contributed by atoms with Gasteiger partial charge in [-0.15, -0.1) is 0 Å². The lowest BCUT2D eigenvalue weighted by Gasteiger charge is -2.02. The molecule has 2 aromatic rings. The maximum Gasteiger partial charge on any atom is 0.131 e. The highest BCUT2D eigenvalue weighted by Crippen LogP contribution is 2.25. The molecule has 0 fully saturated rings. The van der Waals surface area contributed by atoms with Crippen LogP contribution in [0.25, 0.3) is 10.8 Å². The molecule has 1 heterocycles. The van der Waals surface area contributed by atoms with Crippen molar-refractivity contribution in [1.82, 2.24) is 4.98 Å². The number of fused-ring (bicyclic) bond motifs is 1. The van der Waals surface area contributed by atoms with Gasteiger partial charge in [-0.05, 0) is 12.1 Å². The minimum Gasteiger partial charge on any atom is -0.383 e. The van der Waals surface area contributed by atoms with Gasteiger partial charge < -0.3 is 5.73 Å². The molecule has 2 N–H and O–H groups in total. The zero-order valence-corrected chi connectivity index (χ0v) is 8.75. The average molecular weight is 248 g/mol. The number of pyridine rings is 1. The molecule has 3 nitrogen and oxygen atoms in total. The van der Waals surface area contributed by atoms with Gasteiger partial charge in [0, 0.05) is 21.4 Å². The molecule has 0 radical (unpaired) electrons. The highest BCUT2D eigenvalue weighted by Gasteiger charge is 2.04. The molecule has 0 aliphatic carbocycles. The highest BCUT2D eigenvalue weighted by atomic mass is 79.9. The third-order valence-electron chi connectivity index (χ3n) is 2.00. The molecule has 0 unspecified atom stereocenters. The molecular formula is C10H6BrN3. The van der Waals surface area contributed by atoms with Crippen LogP contribution in [0.15, 0.2) is 28.9 Å². The van der Waals surface area contributed by atoms with Crippen LogP contribution in [-0.2, 0) is 0 Å². The van der Waals surface area contributed by atoms with Gasteiger partial charge in [-0.1, -0.05) is 22.0 Å². The zero-order valence-electron chi connectivity index (χ0n) is 7.16. The van der Waals surface area contributed by atoms with Crippen LogP contribution in [-0.4, -0.2) is 4.98 Å². The lowest BCUT2D eigenvalue weighted by molar-refractivity contribution is 1.34. The van der Waals surface area contributed by atoms with Crippen molar-refractivity contribution in [1.29, 1.82) is 5.26 Å². The van der Waals surface area contributed by atoms with Crippen molar-refractivity contribution >= 4 is 32.5 Å². The standard InChI is InChI=1S/C10H6BrN3/c11-7-1-2-8-6(4-12)5-14-10(13)9(8)3-7/h1-3,5H,(H2,13,14). The van der Waals surface area contributed by atoms with Crippen molar-refractivity contribution in [3.63, 3.8) is 0 Å². The topological polar surface area (TPSA) is 62.7 Å². The van der Waals surface area contributed by atoms with E-state index in [4.69, 9.17) is 11.0 Å². The van der Waals surface area contributed by atoms with Crippen molar-refractivity contribution in [3.8, 4) is 6.07 Å². The Kier molecular flexibility index (Phi) is 2.10. The number of nitrogen functional groups attached to an aromatic ring is 1. The summed E-state index contributed by atoms with van der Waals surface area (Å²) in [6, 6.07) is 7.68. The van der Waals surface area contributed by atoms with Crippen molar-refractivity contribution in [2.45, 2.75) is 0 Å². The largest absolute Gasteiger partial charge is 0.383 e. The maximum absolute atomic E-state index is 8.85. The summed E-state index contributed by atoms with van der Waals surface area (Å²) in [5.41, 5.74) is 6.25. The molecule has 0 amide bonds. The van der Waals surface area contributed by atoms with Crippen LogP contribution in [0.1, 0.15) is 5.56 Å². The maximum atomic E-state index is 8.85. The van der Waals surface area contributed by atoms with Gasteiger partial charge in [0.15, 0.2) is 0 Å². The van der Waals surface area contributed by atoms with E-state index in [0.29, 0.717) is 11.4 Å². The number of nitrogens with two attached hydrogens (primary N) is 1. The summed E-state index contributed by atoms with van der Waals surface area (Å²) < 4.78 is 0.925. The molecule has 4 heteroatoms. The molecule has 1 aromatic heterocycles. The number of nitriles is 1. The monoisotopic (exact) mass is 247 g/mol. The quantitative estimate of drug-likeness (QED) is 0.778. The summed E-state index contributed by atoms with van der Waals surface area (Å²) in [5, 5.41) is 10.5. The fourth-order valence-corrected chi connectivity index (χ4v) is 1.69. The minimum absolute atomic E-state index is 0.445. The molecule has 0 aliphatic rings. The first-order valence-corrected chi connectivity index (χ1v) is 4.75. The van der Waals surface area contributed by atoms with Crippen molar-refractivity contribution in [2.75, 3.05) is 5.73 Å². The van der Waals surface area contributed by atoms with Gasteiger partial charge in [0.25, 0.3) is 0 Å². The summed E-state index contributed by atoms with van der Waals surface area (Å²) in [6.45, 7) is 0. The van der Waals surface area contributed by atoms with E-state index >= 15 is 0 Å². The van der Waals surface area contributed by atoms with Crippen LogP contribution in [0.4, 0.5) is 5.82 Å². The van der Waals surface area contributed by atoms with E-state index in [0.717, 1.165) is 15.2 Å². The van der Waals surface area contributed by atoms with E-state index in [2.05, 4.69) is 27.0 Å². The average Bonchev–Trinajstić information content (AvgIpc) is 2.19. The normalized spacial score (nSPS) is 10.0.